The molecule has 0 heterocycles. The molecule has 4 nitrogen and oxygen atoms in total. The van der Waals surface area contributed by atoms with Crippen LogP contribution in [0.25, 0.3) is 0 Å². The standard InChI is InChI=1S/C21H28O4/c1-13(23)25-19-6-5-18-16-4-3-14-11-15(24)7-9-20(14,2)17(16)8-10-21(18,19)12-22/h11-12,16-19H,3-10H2,1-2H3/t16-,17+,18+,19+,20+,21-/m1/s1. The highest BCUT2D eigenvalue weighted by Crippen LogP contribution is 2.65. The smallest absolute Gasteiger partial charge is 0.302 e. The molecule has 4 heteroatoms. The van der Waals surface area contributed by atoms with Crippen molar-refractivity contribution < 1.29 is 19.1 Å². The van der Waals surface area contributed by atoms with E-state index in [1.54, 1.807) is 0 Å². The Balaban J connectivity index is 1.66. The fraction of sp³-hybridized carbons (Fsp3) is 0.762. The van der Waals surface area contributed by atoms with Gasteiger partial charge in [-0.1, -0.05) is 12.5 Å². The fourth-order valence-electron chi connectivity index (χ4n) is 6.83. The van der Waals surface area contributed by atoms with Crippen molar-refractivity contribution in [2.24, 2.45) is 28.6 Å². The zero-order valence-corrected chi connectivity index (χ0v) is 15.3. The normalized spacial score (nSPS) is 45.7. The first-order chi connectivity index (χ1) is 11.9. The van der Waals surface area contributed by atoms with E-state index in [1.165, 1.54) is 12.5 Å². The van der Waals surface area contributed by atoms with E-state index in [4.69, 9.17) is 4.74 Å². The van der Waals surface area contributed by atoms with E-state index in [2.05, 4.69) is 6.92 Å². The molecule has 0 aromatic carbocycles. The first-order valence-corrected chi connectivity index (χ1v) is 9.78. The van der Waals surface area contributed by atoms with Gasteiger partial charge in [-0.15, -0.1) is 0 Å². The van der Waals surface area contributed by atoms with Crippen LogP contribution < -0.4 is 0 Å². The summed E-state index contributed by atoms with van der Waals surface area (Å²) in [7, 11) is 0. The van der Waals surface area contributed by atoms with Gasteiger partial charge in [0.15, 0.2) is 5.78 Å². The van der Waals surface area contributed by atoms with Gasteiger partial charge in [0.1, 0.15) is 12.4 Å². The van der Waals surface area contributed by atoms with Crippen molar-refractivity contribution in [3.8, 4) is 0 Å². The second-order valence-electron chi connectivity index (χ2n) is 8.91. The summed E-state index contributed by atoms with van der Waals surface area (Å²) in [5, 5.41) is 0. The van der Waals surface area contributed by atoms with E-state index in [0.29, 0.717) is 24.2 Å². The maximum atomic E-state index is 12.2. The Kier molecular flexibility index (Phi) is 3.93. The molecule has 4 aliphatic rings. The molecule has 0 saturated heterocycles. The maximum absolute atomic E-state index is 12.2. The largest absolute Gasteiger partial charge is 0.461 e. The maximum Gasteiger partial charge on any atom is 0.302 e. The topological polar surface area (TPSA) is 60.4 Å². The Morgan fingerprint density at radius 1 is 1.16 bits per heavy atom. The second-order valence-corrected chi connectivity index (χ2v) is 8.91. The van der Waals surface area contributed by atoms with Gasteiger partial charge in [-0.25, -0.2) is 0 Å². The summed E-state index contributed by atoms with van der Waals surface area (Å²) >= 11 is 0. The van der Waals surface area contributed by atoms with Crippen LogP contribution in [0, 0.1) is 28.6 Å². The van der Waals surface area contributed by atoms with Crippen molar-refractivity contribution in [1.82, 2.24) is 0 Å². The SMILES string of the molecule is CC(=O)O[C@H]1CC[C@H]2[C@@H]3CCC4=CC(=O)CC[C@]4(C)[C@H]3CC[C@]12C=O. The van der Waals surface area contributed by atoms with Gasteiger partial charge in [-0.05, 0) is 74.2 Å². The van der Waals surface area contributed by atoms with E-state index in [-0.39, 0.29) is 23.3 Å². The summed E-state index contributed by atoms with van der Waals surface area (Å²) in [5.41, 5.74) is 0.985. The third kappa shape index (κ3) is 2.36. The molecule has 136 valence electrons. The van der Waals surface area contributed by atoms with Crippen molar-refractivity contribution >= 4 is 18.0 Å². The molecule has 3 saturated carbocycles. The van der Waals surface area contributed by atoms with E-state index in [9.17, 15) is 14.4 Å². The Bertz CT molecular complexity index is 650. The minimum atomic E-state index is -0.477. The predicted molar refractivity (Wildman–Crippen MR) is 92.7 cm³/mol. The molecule has 0 spiro atoms. The Morgan fingerprint density at radius 2 is 1.96 bits per heavy atom. The highest BCUT2D eigenvalue weighted by molar-refractivity contribution is 5.91. The van der Waals surface area contributed by atoms with Crippen LogP contribution in [0.4, 0.5) is 0 Å². The van der Waals surface area contributed by atoms with Crippen LogP contribution in [0.3, 0.4) is 0 Å². The molecule has 0 aromatic heterocycles. The molecule has 3 fully saturated rings. The van der Waals surface area contributed by atoms with E-state index in [1.807, 2.05) is 6.08 Å². The van der Waals surface area contributed by atoms with Gasteiger partial charge in [0.2, 0.25) is 0 Å². The molecule has 25 heavy (non-hydrogen) atoms. The van der Waals surface area contributed by atoms with Crippen molar-refractivity contribution in [3.05, 3.63) is 11.6 Å². The molecule has 6 atom stereocenters. The number of rotatable bonds is 2. The summed E-state index contributed by atoms with van der Waals surface area (Å²) in [4.78, 5) is 35.6. The van der Waals surface area contributed by atoms with E-state index in [0.717, 1.165) is 51.2 Å². The van der Waals surface area contributed by atoms with Gasteiger partial charge in [0.05, 0.1) is 5.41 Å². The van der Waals surface area contributed by atoms with Crippen LogP contribution in [0.5, 0.6) is 0 Å². The van der Waals surface area contributed by atoms with Gasteiger partial charge in [-0.2, -0.15) is 0 Å². The summed E-state index contributed by atoms with van der Waals surface area (Å²) < 4.78 is 5.57. The lowest BCUT2D eigenvalue weighted by Crippen LogP contribution is -2.53. The third-order valence-electron chi connectivity index (χ3n) is 8.00. The molecule has 0 unspecified atom stereocenters. The number of allylic oxidation sites excluding steroid dienone is 1. The highest BCUT2D eigenvalue weighted by atomic mass is 16.5. The molecule has 4 aliphatic carbocycles. The highest BCUT2D eigenvalue weighted by Gasteiger charge is 2.62. The number of ketones is 1. The first kappa shape index (κ1) is 17.0. The molecule has 0 aliphatic heterocycles. The zero-order chi connectivity index (χ0) is 17.8. The monoisotopic (exact) mass is 344 g/mol. The lowest BCUT2D eigenvalue weighted by molar-refractivity contribution is -0.160. The first-order valence-electron chi connectivity index (χ1n) is 9.78. The van der Waals surface area contributed by atoms with Crippen LogP contribution in [-0.2, 0) is 19.1 Å². The summed E-state index contributed by atoms with van der Waals surface area (Å²) in [6, 6.07) is 0. The average Bonchev–Trinajstić information content (AvgIpc) is 2.94. The quantitative estimate of drug-likeness (QED) is 0.567. The number of carbonyl (C=O) groups excluding carboxylic acids is 3. The van der Waals surface area contributed by atoms with Crippen molar-refractivity contribution in [1.29, 1.82) is 0 Å². The second kappa shape index (κ2) is 5.78. The zero-order valence-electron chi connectivity index (χ0n) is 15.3. The third-order valence-corrected chi connectivity index (χ3v) is 8.00. The number of aldehydes is 1. The number of hydrogen-bond donors (Lipinski definition) is 0. The van der Waals surface area contributed by atoms with Crippen molar-refractivity contribution in [3.63, 3.8) is 0 Å². The minimum absolute atomic E-state index is 0.116. The van der Waals surface area contributed by atoms with Gasteiger partial charge in [0, 0.05) is 13.3 Å². The van der Waals surface area contributed by atoms with Crippen LogP contribution in [-0.4, -0.2) is 24.1 Å². The number of hydrogen-bond acceptors (Lipinski definition) is 4. The Hall–Kier alpha value is -1.45. The lowest BCUT2D eigenvalue weighted by atomic mass is 9.47. The van der Waals surface area contributed by atoms with Gasteiger partial charge >= 0.3 is 5.97 Å². The Morgan fingerprint density at radius 3 is 2.68 bits per heavy atom. The summed E-state index contributed by atoms with van der Waals surface area (Å²) in [6.07, 6.45) is 10.0. The summed E-state index contributed by atoms with van der Waals surface area (Å²) in [5.74, 6) is 1.38. The molecule has 0 bridgehead atoms. The Labute approximate surface area is 149 Å². The number of carbonyl (C=O) groups is 3. The molecular weight excluding hydrogens is 316 g/mol. The van der Waals surface area contributed by atoms with Crippen LogP contribution in [0.15, 0.2) is 11.6 Å². The predicted octanol–water partition coefficient (Wildman–Crippen LogP) is 3.63. The van der Waals surface area contributed by atoms with Crippen LogP contribution >= 0.6 is 0 Å². The number of fused-ring (bicyclic) bond motifs is 5. The molecule has 4 rings (SSSR count). The van der Waals surface area contributed by atoms with E-state index >= 15 is 0 Å². The van der Waals surface area contributed by atoms with E-state index < -0.39 is 5.41 Å². The van der Waals surface area contributed by atoms with Crippen molar-refractivity contribution in [2.75, 3.05) is 0 Å². The molecular formula is C21H28O4. The number of ether oxygens (including phenoxy) is 1. The molecule has 0 amide bonds. The minimum Gasteiger partial charge on any atom is -0.461 e. The van der Waals surface area contributed by atoms with Crippen LogP contribution in [0.1, 0.15) is 65.2 Å². The summed E-state index contributed by atoms with van der Waals surface area (Å²) in [6.45, 7) is 3.78. The number of esters is 1. The molecule has 0 N–H and O–H groups in total. The molecule has 0 aromatic rings. The van der Waals surface area contributed by atoms with Gasteiger partial charge in [-0.3, -0.25) is 9.59 Å². The molecule has 0 radical (unpaired) electrons. The average molecular weight is 344 g/mol. The fourth-order valence-corrected chi connectivity index (χ4v) is 6.83. The van der Waals surface area contributed by atoms with Gasteiger partial charge in [0.25, 0.3) is 0 Å². The van der Waals surface area contributed by atoms with Gasteiger partial charge < -0.3 is 9.53 Å². The van der Waals surface area contributed by atoms with Crippen LogP contribution in [0.2, 0.25) is 0 Å². The lowest BCUT2D eigenvalue weighted by Gasteiger charge is -2.57. The van der Waals surface area contributed by atoms with Crippen molar-refractivity contribution in [2.45, 2.75) is 71.3 Å².